The van der Waals surface area contributed by atoms with Crippen LogP contribution in [0.3, 0.4) is 0 Å². The van der Waals surface area contributed by atoms with E-state index in [0.717, 1.165) is 0 Å². The molecule has 1 aliphatic rings. The molecule has 0 spiro atoms. The lowest BCUT2D eigenvalue weighted by atomic mass is 5.00. The lowest BCUT2D eigenvalue weighted by Crippen LogP contribution is -1.77. The van der Waals surface area contributed by atoms with Gasteiger partial charge < -0.3 is 5.48 Å². The smallest absolute Gasteiger partial charge is 0.0351 e. The van der Waals surface area contributed by atoms with Gasteiger partial charge in [0.05, 0.1) is 0 Å². The van der Waals surface area contributed by atoms with Gasteiger partial charge in [0.2, 0.25) is 0 Å². The first-order chi connectivity index (χ1) is 3.00. The Hall–Kier alpha value is -0.300. The lowest BCUT2D eigenvalue weighted by molar-refractivity contribution is 0.730. The zero-order valence-electron chi connectivity index (χ0n) is 4.48. The number of hydrogen-bond donors (Lipinski definition) is 0. The summed E-state index contributed by atoms with van der Waals surface area (Å²) in [6, 6.07) is 0. The van der Waals surface area contributed by atoms with Gasteiger partial charge in [0.15, 0.2) is 0 Å². The van der Waals surface area contributed by atoms with Crippen molar-refractivity contribution in [2.75, 3.05) is 0 Å². The van der Waals surface area contributed by atoms with Gasteiger partial charge >= 0.3 is 0 Å². The Labute approximate surface area is 44.3 Å². The van der Waals surface area contributed by atoms with Crippen molar-refractivity contribution in [2.45, 2.75) is 25.7 Å². The third kappa shape index (κ3) is 2.40. The molecule has 0 heterocycles. The summed E-state index contributed by atoms with van der Waals surface area (Å²) in [6.07, 6.45) is 10.0. The van der Waals surface area contributed by atoms with Crippen LogP contribution in [0.15, 0.2) is 12.2 Å². The van der Waals surface area contributed by atoms with Crippen molar-refractivity contribution in [3.8, 4) is 0 Å². The van der Waals surface area contributed by atoms with E-state index in [1.807, 2.05) is 0 Å². The summed E-state index contributed by atoms with van der Waals surface area (Å²) in [5.74, 6) is 0. The molecule has 42 valence electrons. The molecule has 1 nitrogen and oxygen atoms in total. The van der Waals surface area contributed by atoms with Crippen LogP contribution in [0.1, 0.15) is 25.7 Å². The summed E-state index contributed by atoms with van der Waals surface area (Å²) in [6.45, 7) is 0. The summed E-state index contributed by atoms with van der Waals surface area (Å²) in [4.78, 5) is 0. The maximum Gasteiger partial charge on any atom is -0.0351 e. The summed E-state index contributed by atoms with van der Waals surface area (Å²) in [7, 11) is 0. The SMILES string of the molecule is C1=CCCCC1.[5OH2]. The third-order valence-corrected chi connectivity index (χ3v) is 1.16. The summed E-state index contributed by atoms with van der Waals surface area (Å²) in [5.41, 5.74) is 0. The molecule has 0 unspecified atom stereocenters. The van der Waals surface area contributed by atoms with Crippen LogP contribution in [0.4, 0.5) is 0 Å². The van der Waals surface area contributed by atoms with Crippen LogP contribution in [0.2, 0.25) is 0 Å². The molecule has 0 aliphatic heterocycles. The molecule has 1 rings (SSSR count). The van der Waals surface area contributed by atoms with E-state index in [1.165, 1.54) is 25.7 Å². The molecule has 0 amide bonds. The Kier molecular flexibility index (Phi) is 3.71. The van der Waals surface area contributed by atoms with Gasteiger partial charge in [0.25, 0.3) is 0 Å². The highest BCUT2D eigenvalue weighted by Crippen LogP contribution is 2.07. The molecule has 0 bridgehead atoms. The van der Waals surface area contributed by atoms with Crippen molar-refractivity contribution < 1.29 is 5.48 Å². The average Bonchev–Trinajstić information content (AvgIpc) is 1.72. The first-order valence-electron chi connectivity index (χ1n) is 2.65. The Morgan fingerprint density at radius 1 is 0.857 bits per heavy atom. The number of hydrogen-bond acceptors (Lipinski definition) is 0. The Balaban J connectivity index is 0.000000360. The summed E-state index contributed by atoms with van der Waals surface area (Å²) < 4.78 is 0. The molecule has 1 aliphatic carbocycles. The van der Waals surface area contributed by atoms with Crippen LogP contribution in [0.5, 0.6) is 0 Å². The first-order valence-corrected chi connectivity index (χ1v) is 2.65. The van der Waals surface area contributed by atoms with E-state index in [1.54, 1.807) is 0 Å². The van der Waals surface area contributed by atoms with Crippen LogP contribution in [0, 0.1) is 0 Å². The van der Waals surface area contributed by atoms with E-state index in [-0.39, 0.29) is 5.48 Å². The van der Waals surface area contributed by atoms with Crippen molar-refractivity contribution in [1.82, 2.24) is 0 Å². The van der Waals surface area contributed by atoms with Crippen molar-refractivity contribution >= 4 is 0 Å². The van der Waals surface area contributed by atoms with Gasteiger partial charge in [-0.3, -0.25) is 0 Å². The second-order valence-corrected chi connectivity index (χ2v) is 1.76. The van der Waals surface area contributed by atoms with Gasteiger partial charge in [-0.2, -0.15) is 0 Å². The van der Waals surface area contributed by atoms with E-state index in [0.29, 0.717) is 0 Å². The quantitative estimate of drug-likeness (QED) is 0.400. The highest BCUT2D eigenvalue weighted by atomic mass is 13.9. The highest BCUT2D eigenvalue weighted by molar-refractivity contribution is 4.85. The topological polar surface area (TPSA) is 31.5 Å². The Bertz CT molecular complexity index is 49.2. The molecule has 0 saturated heterocycles. The predicted octanol–water partition coefficient (Wildman–Crippen LogP) is 1.29. The predicted molar refractivity (Wildman–Crippen MR) is 31.2 cm³/mol. The van der Waals surface area contributed by atoms with Gasteiger partial charge in [-0.25, -0.2) is 0 Å². The summed E-state index contributed by atoms with van der Waals surface area (Å²) in [5, 5.41) is 0. The minimum Gasteiger partial charge on any atom is -0.412 e. The number of rotatable bonds is 0. The molecule has 0 atom stereocenters. The Morgan fingerprint density at radius 3 is 1.43 bits per heavy atom. The minimum absolute atomic E-state index is 0. The zero-order valence-corrected chi connectivity index (χ0v) is 4.48. The van der Waals surface area contributed by atoms with Crippen LogP contribution >= 0.6 is 0 Å². The van der Waals surface area contributed by atoms with E-state index < -0.39 is 0 Å². The standard InChI is InChI=1S/C6H10.H2O/c1-2-4-6-5-3-1;/h1-2H,3-6H2;1H2/i;1-11. The monoisotopic (exact) mass is 89.1 g/mol. The molecule has 0 aromatic carbocycles. The fourth-order valence-electron chi connectivity index (χ4n) is 0.760. The van der Waals surface area contributed by atoms with Crippen molar-refractivity contribution in [3.05, 3.63) is 12.2 Å². The normalized spacial score (nSPS) is 18.3. The fourth-order valence-corrected chi connectivity index (χ4v) is 0.760. The lowest BCUT2D eigenvalue weighted by Gasteiger charge is -1.97. The van der Waals surface area contributed by atoms with Gasteiger partial charge in [0, 0.05) is 0 Å². The van der Waals surface area contributed by atoms with E-state index in [4.69, 9.17) is 0 Å². The Morgan fingerprint density at radius 2 is 1.29 bits per heavy atom. The van der Waals surface area contributed by atoms with E-state index in [2.05, 4.69) is 12.2 Å². The molecule has 0 saturated carbocycles. The summed E-state index contributed by atoms with van der Waals surface area (Å²) >= 11 is 0. The third-order valence-electron chi connectivity index (χ3n) is 1.16. The van der Waals surface area contributed by atoms with E-state index >= 15 is 0 Å². The molecule has 0 aromatic heterocycles. The second kappa shape index (κ2) is 3.88. The van der Waals surface area contributed by atoms with Crippen molar-refractivity contribution in [2.24, 2.45) is 0 Å². The van der Waals surface area contributed by atoms with Crippen LogP contribution in [-0.4, -0.2) is 5.48 Å². The molecular formula is C6H12O. The first kappa shape index (κ1) is 6.70. The maximum atomic E-state index is 2.27. The van der Waals surface area contributed by atoms with Crippen LogP contribution < -0.4 is 0 Å². The van der Waals surface area contributed by atoms with E-state index in [9.17, 15) is 0 Å². The highest BCUT2D eigenvalue weighted by Gasteiger charge is 1.87. The number of allylic oxidation sites excluding steroid dienone is 2. The molecule has 7 heavy (non-hydrogen) atoms. The van der Waals surface area contributed by atoms with Gasteiger partial charge in [0.1, 0.15) is 0 Å². The molecule has 1 heteroatoms. The second-order valence-electron chi connectivity index (χ2n) is 1.76. The van der Waals surface area contributed by atoms with Gasteiger partial charge in [-0.1, -0.05) is 12.2 Å². The largest absolute Gasteiger partial charge is 0.412 e. The molecule has 0 aromatic rings. The average molecular weight is 89.2 g/mol. The zero-order chi connectivity index (χ0) is 4.24. The molecule has 0 fully saturated rings. The molecule has 0 radical (unpaired) electrons. The van der Waals surface area contributed by atoms with Gasteiger partial charge in [-0.15, -0.1) is 0 Å². The minimum atomic E-state index is 0. The fraction of sp³-hybridized carbons (Fsp3) is 0.667. The van der Waals surface area contributed by atoms with Crippen LogP contribution in [0.25, 0.3) is 0 Å². The van der Waals surface area contributed by atoms with Crippen LogP contribution in [-0.2, 0) is 0 Å². The van der Waals surface area contributed by atoms with Crippen molar-refractivity contribution in [1.29, 1.82) is 0 Å². The maximum absolute atomic E-state index is 2.27. The van der Waals surface area contributed by atoms with Crippen molar-refractivity contribution in [3.63, 3.8) is 0 Å². The van der Waals surface area contributed by atoms with Gasteiger partial charge in [-0.05, 0) is 25.7 Å². The molecule has 2 N–H and O–H groups in total. The molecular weight excluding hydrogens is 77.1 g/mol.